The molecule has 146 valence electrons. The number of hydrogen-bond acceptors (Lipinski definition) is 11. The van der Waals surface area contributed by atoms with E-state index in [9.17, 15) is 15.3 Å². The Balaban J connectivity index is 1.63. The van der Waals surface area contributed by atoms with Gasteiger partial charge in [-0.25, -0.2) is 4.98 Å². The number of aromatic nitrogens is 5. The number of azo groups is 1. The first-order valence-corrected chi connectivity index (χ1v) is 8.48. The highest BCUT2D eigenvalue weighted by molar-refractivity contribution is 5.82. The minimum absolute atomic E-state index is 0.00873. The number of fused-ring (bicyclic) bond motifs is 1. The first-order chi connectivity index (χ1) is 13.6. The van der Waals surface area contributed by atoms with Crippen LogP contribution in [-0.2, 0) is 11.3 Å². The van der Waals surface area contributed by atoms with Gasteiger partial charge in [-0.3, -0.25) is 9.55 Å². The maximum absolute atomic E-state index is 10.2. The molecule has 1 saturated heterocycles. The third-order valence-electron chi connectivity index (χ3n) is 4.35. The van der Waals surface area contributed by atoms with Crippen LogP contribution >= 0.6 is 0 Å². The molecule has 12 heteroatoms. The summed E-state index contributed by atoms with van der Waals surface area (Å²) in [5, 5.41) is 37.5. The van der Waals surface area contributed by atoms with Gasteiger partial charge in [-0.1, -0.05) is 6.07 Å². The van der Waals surface area contributed by atoms with E-state index in [1.54, 1.807) is 12.3 Å². The molecule has 1 unspecified atom stereocenters. The Labute approximate surface area is 158 Å². The van der Waals surface area contributed by atoms with Crippen LogP contribution in [-0.4, -0.2) is 64.7 Å². The molecule has 5 N–H and O–H groups in total. The second-order valence-corrected chi connectivity index (χ2v) is 6.18. The molecular formula is C16H18N8O4. The Morgan fingerprint density at radius 3 is 2.75 bits per heavy atom. The summed E-state index contributed by atoms with van der Waals surface area (Å²) in [4.78, 5) is 16.6. The third-order valence-corrected chi connectivity index (χ3v) is 4.35. The fourth-order valence-corrected chi connectivity index (χ4v) is 2.93. The standard InChI is InChI=1S/C16H18N8O4/c17-13-10-14(22-16(21-13)23-20-5-8-3-1-2-4-18-8)24(7-19-10)15-12(27)11(26)9(6-25)28-15/h1-4,7,9,11-12,15,25-27H,5-6H2,(H2,17,21,22)/t9-,11-,12-,15?/m1/s1. The summed E-state index contributed by atoms with van der Waals surface area (Å²) < 4.78 is 6.93. The molecule has 0 spiro atoms. The summed E-state index contributed by atoms with van der Waals surface area (Å²) in [5.41, 5.74) is 7.22. The minimum Gasteiger partial charge on any atom is -0.394 e. The maximum Gasteiger partial charge on any atom is 0.272 e. The van der Waals surface area contributed by atoms with Gasteiger partial charge in [0.05, 0.1) is 18.6 Å². The predicted molar refractivity (Wildman–Crippen MR) is 95.2 cm³/mol. The average Bonchev–Trinajstić information content (AvgIpc) is 3.24. The molecule has 0 amide bonds. The zero-order chi connectivity index (χ0) is 19.7. The van der Waals surface area contributed by atoms with Gasteiger partial charge in [0.1, 0.15) is 30.4 Å². The summed E-state index contributed by atoms with van der Waals surface area (Å²) in [7, 11) is 0. The lowest BCUT2D eigenvalue weighted by molar-refractivity contribution is -0.0511. The van der Waals surface area contributed by atoms with Crippen molar-refractivity contribution in [1.29, 1.82) is 0 Å². The molecular weight excluding hydrogens is 368 g/mol. The fraction of sp³-hybridized carbons (Fsp3) is 0.375. The van der Waals surface area contributed by atoms with Gasteiger partial charge in [0, 0.05) is 6.20 Å². The van der Waals surface area contributed by atoms with Crippen LogP contribution in [0.25, 0.3) is 11.2 Å². The number of anilines is 1. The zero-order valence-electron chi connectivity index (χ0n) is 14.6. The Morgan fingerprint density at radius 1 is 1.18 bits per heavy atom. The summed E-state index contributed by atoms with van der Waals surface area (Å²) in [6, 6.07) is 5.46. The Hall–Kier alpha value is -3.06. The molecule has 4 atom stereocenters. The van der Waals surface area contributed by atoms with E-state index in [0.29, 0.717) is 5.52 Å². The number of imidazole rings is 1. The molecule has 1 aliphatic rings. The molecule has 4 rings (SSSR count). The molecule has 12 nitrogen and oxygen atoms in total. The van der Waals surface area contributed by atoms with Crippen molar-refractivity contribution in [2.75, 3.05) is 12.3 Å². The molecule has 0 aliphatic carbocycles. The van der Waals surface area contributed by atoms with E-state index in [2.05, 4.69) is 30.2 Å². The summed E-state index contributed by atoms with van der Waals surface area (Å²) in [6.07, 6.45) is -1.42. The van der Waals surface area contributed by atoms with E-state index in [0.717, 1.165) is 5.69 Å². The normalized spacial score (nSPS) is 25.1. The average molecular weight is 386 g/mol. The van der Waals surface area contributed by atoms with Crippen LogP contribution in [0.1, 0.15) is 11.9 Å². The molecule has 4 heterocycles. The van der Waals surface area contributed by atoms with Crippen molar-refractivity contribution < 1.29 is 20.1 Å². The first-order valence-electron chi connectivity index (χ1n) is 8.48. The van der Waals surface area contributed by atoms with Crippen LogP contribution in [0, 0.1) is 0 Å². The van der Waals surface area contributed by atoms with Crippen molar-refractivity contribution >= 4 is 22.9 Å². The van der Waals surface area contributed by atoms with Crippen molar-refractivity contribution in [3.8, 4) is 0 Å². The molecule has 0 bridgehead atoms. The number of rotatable bonds is 5. The summed E-state index contributed by atoms with van der Waals surface area (Å²) in [5.74, 6) is 0.0942. The number of nitrogens with two attached hydrogens (primary N) is 1. The number of nitrogen functional groups attached to an aromatic ring is 1. The zero-order valence-corrected chi connectivity index (χ0v) is 14.6. The van der Waals surface area contributed by atoms with Crippen LogP contribution in [0.15, 0.2) is 41.0 Å². The molecule has 0 aromatic carbocycles. The van der Waals surface area contributed by atoms with Crippen molar-refractivity contribution in [3.63, 3.8) is 0 Å². The Morgan fingerprint density at radius 2 is 2.04 bits per heavy atom. The molecule has 0 saturated carbocycles. The van der Waals surface area contributed by atoms with Crippen LogP contribution in [0.4, 0.5) is 11.8 Å². The van der Waals surface area contributed by atoms with Crippen LogP contribution < -0.4 is 5.73 Å². The van der Waals surface area contributed by atoms with Crippen LogP contribution in [0.2, 0.25) is 0 Å². The Kier molecular flexibility index (Phi) is 4.92. The van der Waals surface area contributed by atoms with Crippen molar-refractivity contribution in [1.82, 2.24) is 24.5 Å². The SMILES string of the molecule is Nc1nc(N=NCc2ccccn2)nc2c1ncn2C1O[C@H](CO)[C@@H](O)[C@H]1O. The molecule has 3 aromatic heterocycles. The number of aliphatic hydroxyl groups excluding tert-OH is 3. The monoisotopic (exact) mass is 386 g/mol. The number of pyridine rings is 1. The highest BCUT2D eigenvalue weighted by Crippen LogP contribution is 2.32. The van der Waals surface area contributed by atoms with E-state index in [1.807, 2.05) is 12.1 Å². The second-order valence-electron chi connectivity index (χ2n) is 6.18. The number of aliphatic hydroxyl groups is 3. The highest BCUT2D eigenvalue weighted by atomic mass is 16.6. The van der Waals surface area contributed by atoms with Crippen molar-refractivity contribution in [2.45, 2.75) is 31.1 Å². The largest absolute Gasteiger partial charge is 0.394 e. The first kappa shape index (κ1) is 18.3. The van der Waals surface area contributed by atoms with Crippen LogP contribution in [0.5, 0.6) is 0 Å². The lowest BCUT2D eigenvalue weighted by Gasteiger charge is -2.16. The number of hydrogen-bond donors (Lipinski definition) is 4. The van der Waals surface area contributed by atoms with Gasteiger partial charge in [0.15, 0.2) is 17.7 Å². The molecule has 1 aliphatic heterocycles. The van der Waals surface area contributed by atoms with Gasteiger partial charge in [-0.05, 0) is 12.1 Å². The van der Waals surface area contributed by atoms with Gasteiger partial charge >= 0.3 is 0 Å². The van der Waals surface area contributed by atoms with Crippen LogP contribution in [0.3, 0.4) is 0 Å². The fourth-order valence-electron chi connectivity index (χ4n) is 2.93. The molecule has 0 radical (unpaired) electrons. The van der Waals surface area contributed by atoms with Gasteiger partial charge in [-0.15, -0.1) is 5.11 Å². The van der Waals surface area contributed by atoms with E-state index < -0.39 is 31.1 Å². The molecule has 28 heavy (non-hydrogen) atoms. The van der Waals surface area contributed by atoms with Gasteiger partial charge < -0.3 is 25.8 Å². The van der Waals surface area contributed by atoms with Crippen molar-refractivity contribution in [2.24, 2.45) is 10.2 Å². The van der Waals surface area contributed by atoms with Crippen molar-refractivity contribution in [3.05, 3.63) is 36.4 Å². The van der Waals surface area contributed by atoms with Gasteiger partial charge in [0.2, 0.25) is 0 Å². The number of nitrogens with zero attached hydrogens (tertiary/aromatic N) is 7. The Bertz CT molecular complexity index is 995. The summed E-state index contributed by atoms with van der Waals surface area (Å²) in [6.45, 7) is -0.193. The lowest BCUT2D eigenvalue weighted by Crippen LogP contribution is -2.33. The van der Waals surface area contributed by atoms with E-state index in [-0.39, 0.29) is 24.0 Å². The summed E-state index contributed by atoms with van der Waals surface area (Å²) >= 11 is 0. The predicted octanol–water partition coefficient (Wildman–Crippen LogP) is -0.301. The topological polar surface area (TPSA) is 177 Å². The van der Waals surface area contributed by atoms with E-state index >= 15 is 0 Å². The smallest absolute Gasteiger partial charge is 0.272 e. The van der Waals surface area contributed by atoms with Gasteiger partial charge in [-0.2, -0.15) is 15.1 Å². The molecule has 3 aromatic rings. The minimum atomic E-state index is -1.28. The quantitative estimate of drug-likeness (QED) is 0.428. The van der Waals surface area contributed by atoms with Gasteiger partial charge in [0.25, 0.3) is 5.95 Å². The van der Waals surface area contributed by atoms with E-state index in [1.165, 1.54) is 10.9 Å². The van der Waals surface area contributed by atoms with E-state index in [4.69, 9.17) is 10.5 Å². The lowest BCUT2D eigenvalue weighted by atomic mass is 10.1. The third kappa shape index (κ3) is 3.29. The second kappa shape index (κ2) is 7.52. The number of ether oxygens (including phenoxy) is 1. The molecule has 1 fully saturated rings. The maximum atomic E-state index is 10.2. The highest BCUT2D eigenvalue weighted by Gasteiger charge is 2.44.